The normalized spacial score (nSPS) is 20.7. The van der Waals surface area contributed by atoms with Gasteiger partial charge in [0, 0.05) is 20.1 Å². The second kappa shape index (κ2) is 5.46. The Morgan fingerprint density at radius 1 is 1.29 bits per heavy atom. The van der Waals surface area contributed by atoms with E-state index in [0.29, 0.717) is 17.2 Å². The van der Waals surface area contributed by atoms with Crippen molar-refractivity contribution in [2.24, 2.45) is 5.41 Å². The summed E-state index contributed by atoms with van der Waals surface area (Å²) in [5, 5.41) is 14.0. The monoisotopic (exact) mass is 291 g/mol. The Hall–Kier alpha value is -1.92. The van der Waals surface area contributed by atoms with Crippen molar-refractivity contribution in [2.45, 2.75) is 38.5 Å². The largest absolute Gasteiger partial charge is 0.357 e. The van der Waals surface area contributed by atoms with E-state index in [1.54, 1.807) is 7.05 Å². The van der Waals surface area contributed by atoms with Crippen molar-refractivity contribution in [1.82, 2.24) is 9.97 Å². The summed E-state index contributed by atoms with van der Waals surface area (Å²) < 4.78 is 0. The SMILES string of the molecule is CNc1ncc([N+](=O)[O-])c(N2CCC3(CCCC3)CC2)n1. The van der Waals surface area contributed by atoms with Gasteiger partial charge in [0.2, 0.25) is 11.8 Å². The number of anilines is 2. The quantitative estimate of drug-likeness (QED) is 0.680. The Balaban J connectivity index is 1.82. The molecule has 0 radical (unpaired) electrons. The summed E-state index contributed by atoms with van der Waals surface area (Å²) in [6.45, 7) is 1.70. The first-order chi connectivity index (χ1) is 10.1. The van der Waals surface area contributed by atoms with Gasteiger partial charge in [-0.05, 0) is 31.1 Å². The third-order valence-corrected chi connectivity index (χ3v) is 4.96. The van der Waals surface area contributed by atoms with Gasteiger partial charge in [0.15, 0.2) is 0 Å². The standard InChI is InChI=1S/C14H21N5O2/c1-15-13-16-10-11(19(20)21)12(17-13)18-8-6-14(7-9-18)4-2-3-5-14/h10H,2-9H2,1H3,(H,15,16,17). The molecule has 0 aromatic carbocycles. The smallest absolute Gasteiger partial charge is 0.329 e. The first-order valence-electron chi connectivity index (χ1n) is 7.58. The molecule has 1 saturated heterocycles. The van der Waals surface area contributed by atoms with E-state index >= 15 is 0 Å². The van der Waals surface area contributed by atoms with E-state index < -0.39 is 4.92 Å². The zero-order valence-corrected chi connectivity index (χ0v) is 12.3. The maximum atomic E-state index is 11.2. The van der Waals surface area contributed by atoms with Crippen molar-refractivity contribution >= 4 is 17.5 Å². The van der Waals surface area contributed by atoms with Crippen molar-refractivity contribution in [3.05, 3.63) is 16.3 Å². The van der Waals surface area contributed by atoms with Gasteiger partial charge < -0.3 is 10.2 Å². The van der Waals surface area contributed by atoms with Gasteiger partial charge in [-0.15, -0.1) is 0 Å². The number of nitrogens with zero attached hydrogens (tertiary/aromatic N) is 4. The number of nitro groups is 1. The summed E-state index contributed by atoms with van der Waals surface area (Å²) in [4.78, 5) is 21.1. The Morgan fingerprint density at radius 3 is 2.52 bits per heavy atom. The van der Waals surface area contributed by atoms with Gasteiger partial charge >= 0.3 is 5.69 Å². The lowest BCUT2D eigenvalue weighted by molar-refractivity contribution is -0.384. The molecule has 21 heavy (non-hydrogen) atoms. The van der Waals surface area contributed by atoms with Crippen molar-refractivity contribution in [1.29, 1.82) is 0 Å². The Labute approximate surface area is 123 Å². The number of hydrogen-bond acceptors (Lipinski definition) is 6. The van der Waals surface area contributed by atoms with Gasteiger partial charge in [-0.2, -0.15) is 4.98 Å². The van der Waals surface area contributed by atoms with Crippen LogP contribution in [-0.2, 0) is 0 Å². The highest BCUT2D eigenvalue weighted by Crippen LogP contribution is 2.47. The zero-order valence-electron chi connectivity index (χ0n) is 12.3. The molecule has 0 unspecified atom stereocenters. The van der Waals surface area contributed by atoms with Crippen LogP contribution in [0.3, 0.4) is 0 Å². The second-order valence-electron chi connectivity index (χ2n) is 6.10. The van der Waals surface area contributed by atoms with Crippen LogP contribution in [0.25, 0.3) is 0 Å². The molecule has 7 nitrogen and oxygen atoms in total. The van der Waals surface area contributed by atoms with Crippen LogP contribution in [0.15, 0.2) is 6.20 Å². The van der Waals surface area contributed by atoms with Gasteiger partial charge in [0.05, 0.1) is 4.92 Å². The Kier molecular flexibility index (Phi) is 3.65. The van der Waals surface area contributed by atoms with Crippen LogP contribution in [0, 0.1) is 15.5 Å². The van der Waals surface area contributed by atoms with Crippen LogP contribution >= 0.6 is 0 Å². The van der Waals surface area contributed by atoms with E-state index in [-0.39, 0.29) is 5.69 Å². The van der Waals surface area contributed by atoms with Crippen LogP contribution in [0.5, 0.6) is 0 Å². The second-order valence-corrected chi connectivity index (χ2v) is 6.10. The van der Waals surface area contributed by atoms with Crippen LogP contribution in [0.4, 0.5) is 17.5 Å². The molecule has 3 rings (SSSR count). The number of rotatable bonds is 3. The third-order valence-electron chi connectivity index (χ3n) is 4.96. The van der Waals surface area contributed by atoms with Gasteiger partial charge in [0.25, 0.3) is 0 Å². The highest BCUT2D eigenvalue weighted by atomic mass is 16.6. The van der Waals surface area contributed by atoms with Crippen molar-refractivity contribution < 1.29 is 4.92 Å². The Morgan fingerprint density at radius 2 is 1.95 bits per heavy atom. The van der Waals surface area contributed by atoms with Crippen molar-refractivity contribution in [2.75, 3.05) is 30.4 Å². The summed E-state index contributed by atoms with van der Waals surface area (Å²) >= 11 is 0. The minimum Gasteiger partial charge on any atom is -0.357 e. The summed E-state index contributed by atoms with van der Waals surface area (Å²) in [6, 6.07) is 0. The molecule has 0 bridgehead atoms. The van der Waals surface area contributed by atoms with Crippen LogP contribution < -0.4 is 10.2 Å². The lowest BCUT2D eigenvalue weighted by Crippen LogP contribution is -2.39. The molecule has 2 aliphatic rings. The van der Waals surface area contributed by atoms with E-state index in [1.165, 1.54) is 31.9 Å². The fourth-order valence-corrected chi connectivity index (χ4v) is 3.67. The average molecular weight is 291 g/mol. The maximum Gasteiger partial charge on any atom is 0.329 e. The number of piperidine rings is 1. The molecule has 7 heteroatoms. The van der Waals surface area contributed by atoms with Gasteiger partial charge in [-0.25, -0.2) is 4.98 Å². The first kappa shape index (κ1) is 14.0. The van der Waals surface area contributed by atoms with E-state index in [1.807, 2.05) is 4.90 Å². The van der Waals surface area contributed by atoms with E-state index in [4.69, 9.17) is 0 Å². The molecule has 0 atom stereocenters. The Bertz CT molecular complexity index is 532. The van der Waals surface area contributed by atoms with Crippen LogP contribution in [0.1, 0.15) is 38.5 Å². The summed E-state index contributed by atoms with van der Waals surface area (Å²) in [6.07, 6.45) is 8.82. The van der Waals surface area contributed by atoms with E-state index in [9.17, 15) is 10.1 Å². The molecule has 1 aliphatic carbocycles. The molecule has 1 aliphatic heterocycles. The predicted octanol–water partition coefficient (Wildman–Crippen LogP) is 2.59. The lowest BCUT2D eigenvalue weighted by Gasteiger charge is -2.39. The molecule has 1 N–H and O–H groups in total. The number of nitrogens with one attached hydrogen (secondary N) is 1. The lowest BCUT2D eigenvalue weighted by atomic mass is 9.77. The highest BCUT2D eigenvalue weighted by molar-refractivity contribution is 5.59. The third kappa shape index (κ3) is 2.64. The molecule has 114 valence electrons. The molecule has 0 amide bonds. The fourth-order valence-electron chi connectivity index (χ4n) is 3.67. The van der Waals surface area contributed by atoms with E-state index in [0.717, 1.165) is 25.9 Å². The summed E-state index contributed by atoms with van der Waals surface area (Å²) in [7, 11) is 1.72. The molecule has 2 heterocycles. The van der Waals surface area contributed by atoms with Crippen molar-refractivity contribution in [3.63, 3.8) is 0 Å². The molecule has 1 aromatic rings. The number of aromatic nitrogens is 2. The minimum absolute atomic E-state index is 0.00336. The van der Waals surface area contributed by atoms with Gasteiger partial charge in [-0.1, -0.05) is 12.8 Å². The zero-order chi connectivity index (χ0) is 14.9. The average Bonchev–Trinajstić information content (AvgIpc) is 2.95. The molecular weight excluding hydrogens is 270 g/mol. The van der Waals surface area contributed by atoms with Crippen LogP contribution in [-0.4, -0.2) is 35.0 Å². The highest BCUT2D eigenvalue weighted by Gasteiger charge is 2.38. The van der Waals surface area contributed by atoms with E-state index in [2.05, 4.69) is 15.3 Å². The predicted molar refractivity (Wildman–Crippen MR) is 80.6 cm³/mol. The van der Waals surface area contributed by atoms with Gasteiger partial charge in [0.1, 0.15) is 6.20 Å². The molecule has 1 aromatic heterocycles. The first-order valence-corrected chi connectivity index (χ1v) is 7.58. The molecule has 2 fully saturated rings. The van der Waals surface area contributed by atoms with Gasteiger partial charge in [-0.3, -0.25) is 10.1 Å². The van der Waals surface area contributed by atoms with Crippen molar-refractivity contribution in [3.8, 4) is 0 Å². The summed E-state index contributed by atoms with van der Waals surface area (Å²) in [5.74, 6) is 0.879. The number of hydrogen-bond donors (Lipinski definition) is 1. The minimum atomic E-state index is -0.394. The fraction of sp³-hybridized carbons (Fsp3) is 0.714. The molecule has 1 saturated carbocycles. The maximum absolute atomic E-state index is 11.2. The molecule has 1 spiro atoms. The topological polar surface area (TPSA) is 84.2 Å². The molecular formula is C14H21N5O2. The van der Waals surface area contributed by atoms with Crippen LogP contribution in [0.2, 0.25) is 0 Å². The summed E-state index contributed by atoms with van der Waals surface area (Å²) in [5.41, 5.74) is 0.487.